The first-order valence-corrected chi connectivity index (χ1v) is 8.00. The van der Waals surface area contributed by atoms with Crippen molar-refractivity contribution in [3.8, 4) is 0 Å². The smallest absolute Gasteiger partial charge is 0.408 e. The number of carbonyl (C=O) groups excluding carboxylic acids is 2. The van der Waals surface area contributed by atoms with Crippen LogP contribution in [-0.2, 0) is 15.1 Å². The number of benzene rings is 1. The lowest BCUT2D eigenvalue weighted by Gasteiger charge is -2.31. The Morgan fingerprint density at radius 1 is 1.33 bits per heavy atom. The Morgan fingerprint density at radius 3 is 2.42 bits per heavy atom. The molecule has 1 aromatic carbocycles. The van der Waals surface area contributed by atoms with Crippen molar-refractivity contribution >= 4 is 33.8 Å². The van der Waals surface area contributed by atoms with Crippen LogP contribution in [0.25, 0.3) is 0 Å². The van der Waals surface area contributed by atoms with Gasteiger partial charge in [-0.05, 0) is 24.6 Å². The lowest BCUT2D eigenvalue weighted by molar-refractivity contribution is -0.133. The summed E-state index contributed by atoms with van der Waals surface area (Å²) in [6.45, 7) is 1.30. The van der Waals surface area contributed by atoms with E-state index in [1.165, 1.54) is 6.92 Å². The Morgan fingerprint density at radius 2 is 1.92 bits per heavy atom. The Bertz CT molecular complexity index is 666. The second kappa shape index (κ2) is 6.78. The van der Waals surface area contributed by atoms with Gasteiger partial charge in [0.25, 0.3) is 0 Å². The Balaban J connectivity index is 2.27. The molecule has 1 aliphatic heterocycles. The van der Waals surface area contributed by atoms with Crippen molar-refractivity contribution in [2.75, 3.05) is 6.54 Å². The van der Waals surface area contributed by atoms with Gasteiger partial charge in [0.2, 0.25) is 11.8 Å². The van der Waals surface area contributed by atoms with Gasteiger partial charge < -0.3 is 21.3 Å². The number of carbonyl (C=O) groups is 3. The van der Waals surface area contributed by atoms with Crippen molar-refractivity contribution in [1.29, 1.82) is 0 Å². The van der Waals surface area contributed by atoms with E-state index in [0.29, 0.717) is 5.56 Å². The first kappa shape index (κ1) is 18.2. The number of nitrogens with one attached hydrogen (secondary N) is 1. The number of hydrogen-bond donors (Lipinski definition) is 4. The average Bonchev–Trinajstić information content (AvgIpc) is 2.90. The van der Waals surface area contributed by atoms with Gasteiger partial charge in [-0.3, -0.25) is 14.5 Å². The maximum Gasteiger partial charge on any atom is 0.408 e. The first-order valence-electron chi connectivity index (χ1n) is 7.20. The van der Waals surface area contributed by atoms with Crippen LogP contribution in [0, 0.1) is 0 Å². The minimum absolute atomic E-state index is 0.0344. The number of primary amides is 1. The predicted octanol–water partition coefficient (Wildman–Crippen LogP) is 0.379. The van der Waals surface area contributed by atoms with Crippen molar-refractivity contribution in [2.24, 2.45) is 5.73 Å². The maximum atomic E-state index is 12.5. The third-order valence-electron chi connectivity index (χ3n) is 4.11. The summed E-state index contributed by atoms with van der Waals surface area (Å²) in [5.74, 6) is -1.46. The second-order valence-corrected chi connectivity index (χ2v) is 6.74. The number of rotatable bonds is 4. The molecule has 0 bridgehead atoms. The van der Waals surface area contributed by atoms with Crippen molar-refractivity contribution < 1.29 is 24.6 Å². The molecule has 0 aliphatic carbocycles. The SMILES string of the molecule is CC(NC(=O)[C@H]1C[C@@H](O)CN1C(=O)O)(C(N)=O)c1ccc(Br)cc1. The molecule has 24 heavy (non-hydrogen) atoms. The Kier molecular flexibility index (Phi) is 5.14. The van der Waals surface area contributed by atoms with Gasteiger partial charge in [-0.25, -0.2) is 4.79 Å². The molecule has 1 unspecified atom stereocenters. The molecular formula is C15H18BrN3O5. The van der Waals surface area contributed by atoms with Gasteiger partial charge in [-0.15, -0.1) is 0 Å². The monoisotopic (exact) mass is 399 g/mol. The number of halogens is 1. The number of aliphatic hydroxyl groups is 1. The van der Waals surface area contributed by atoms with Crippen LogP contribution < -0.4 is 11.1 Å². The standard InChI is InChI=1S/C15H18BrN3O5/c1-15(13(17)22,8-2-4-9(16)5-3-8)18-12(21)11-6-10(20)7-19(11)14(23)24/h2-5,10-11,20H,6-7H2,1H3,(H2,17,22)(H,18,21)(H,23,24)/t10-,11-,15?/m1/s1. The van der Waals surface area contributed by atoms with E-state index in [0.717, 1.165) is 9.37 Å². The Hall–Kier alpha value is -2.13. The number of likely N-dealkylation sites (tertiary alicyclic amines) is 1. The average molecular weight is 400 g/mol. The first-order chi connectivity index (χ1) is 11.1. The third-order valence-corrected chi connectivity index (χ3v) is 4.64. The molecular weight excluding hydrogens is 382 g/mol. The molecule has 3 amide bonds. The van der Waals surface area contributed by atoms with Crippen LogP contribution in [0.1, 0.15) is 18.9 Å². The molecule has 1 heterocycles. The fraction of sp³-hybridized carbons (Fsp3) is 0.400. The molecule has 0 saturated carbocycles. The maximum absolute atomic E-state index is 12.5. The van der Waals surface area contributed by atoms with Crippen LogP contribution in [-0.4, -0.2) is 51.7 Å². The van der Waals surface area contributed by atoms with Crippen molar-refractivity contribution in [3.05, 3.63) is 34.3 Å². The molecule has 1 aliphatic rings. The van der Waals surface area contributed by atoms with Crippen LogP contribution in [0.2, 0.25) is 0 Å². The van der Waals surface area contributed by atoms with Gasteiger partial charge >= 0.3 is 6.09 Å². The van der Waals surface area contributed by atoms with Crippen LogP contribution in [0.5, 0.6) is 0 Å². The molecule has 0 spiro atoms. The third kappa shape index (κ3) is 3.51. The van der Waals surface area contributed by atoms with E-state index in [4.69, 9.17) is 10.8 Å². The van der Waals surface area contributed by atoms with Crippen molar-refractivity contribution in [2.45, 2.75) is 31.0 Å². The fourth-order valence-corrected chi connectivity index (χ4v) is 2.93. The van der Waals surface area contributed by atoms with Gasteiger partial charge in [0.1, 0.15) is 11.6 Å². The lowest BCUT2D eigenvalue weighted by Crippen LogP contribution is -2.57. The minimum atomic E-state index is -1.50. The molecule has 130 valence electrons. The number of nitrogens with two attached hydrogens (primary N) is 1. The number of nitrogens with zero attached hydrogens (tertiary/aromatic N) is 1. The van der Waals surface area contributed by atoms with E-state index >= 15 is 0 Å². The summed E-state index contributed by atoms with van der Waals surface area (Å²) in [6, 6.07) is 5.59. The van der Waals surface area contributed by atoms with Crippen LogP contribution >= 0.6 is 15.9 Å². The zero-order valence-corrected chi connectivity index (χ0v) is 14.5. The van der Waals surface area contributed by atoms with E-state index in [2.05, 4.69) is 21.2 Å². The predicted molar refractivity (Wildman–Crippen MR) is 88.0 cm³/mol. The van der Waals surface area contributed by atoms with Crippen LogP contribution in [0.15, 0.2) is 28.7 Å². The summed E-state index contributed by atoms with van der Waals surface area (Å²) in [7, 11) is 0. The summed E-state index contributed by atoms with van der Waals surface area (Å²) < 4.78 is 0.792. The highest BCUT2D eigenvalue weighted by Crippen LogP contribution is 2.25. The van der Waals surface area contributed by atoms with Gasteiger partial charge in [-0.2, -0.15) is 0 Å². The van der Waals surface area contributed by atoms with Gasteiger partial charge in [-0.1, -0.05) is 28.1 Å². The molecule has 0 aromatic heterocycles. The minimum Gasteiger partial charge on any atom is -0.465 e. The highest BCUT2D eigenvalue weighted by Gasteiger charge is 2.43. The number of β-amino-alcohol motifs (C(OH)–C–C–N with tert-alkyl or cyclic N) is 1. The van der Waals surface area contributed by atoms with Crippen LogP contribution in [0.4, 0.5) is 4.79 Å². The van der Waals surface area contributed by atoms with Gasteiger partial charge in [0, 0.05) is 10.9 Å². The largest absolute Gasteiger partial charge is 0.465 e. The van der Waals surface area contributed by atoms with E-state index in [9.17, 15) is 19.5 Å². The van der Waals surface area contributed by atoms with Crippen LogP contribution in [0.3, 0.4) is 0 Å². The lowest BCUT2D eigenvalue weighted by atomic mass is 9.90. The molecule has 1 saturated heterocycles. The normalized spacial score (nSPS) is 22.7. The quantitative estimate of drug-likeness (QED) is 0.580. The Labute approximate surface area is 146 Å². The number of carboxylic acid groups (broad SMARTS) is 1. The highest BCUT2D eigenvalue weighted by atomic mass is 79.9. The summed E-state index contributed by atoms with van der Waals surface area (Å²) in [4.78, 5) is 36.5. The molecule has 9 heteroatoms. The number of aliphatic hydroxyl groups excluding tert-OH is 1. The zero-order valence-electron chi connectivity index (χ0n) is 12.9. The summed E-state index contributed by atoms with van der Waals surface area (Å²) in [5.41, 5.74) is 4.43. The fourth-order valence-electron chi connectivity index (χ4n) is 2.66. The van der Waals surface area contributed by atoms with Crippen molar-refractivity contribution in [3.63, 3.8) is 0 Å². The van der Waals surface area contributed by atoms with E-state index < -0.39 is 35.6 Å². The second-order valence-electron chi connectivity index (χ2n) is 5.83. The molecule has 5 N–H and O–H groups in total. The topological polar surface area (TPSA) is 133 Å². The highest BCUT2D eigenvalue weighted by molar-refractivity contribution is 9.10. The van der Waals surface area contributed by atoms with Gasteiger partial charge in [0.05, 0.1) is 12.6 Å². The molecule has 3 atom stereocenters. The molecule has 8 nitrogen and oxygen atoms in total. The van der Waals surface area contributed by atoms with Crippen molar-refractivity contribution in [1.82, 2.24) is 10.2 Å². The number of amides is 3. The molecule has 2 rings (SSSR count). The van der Waals surface area contributed by atoms with E-state index in [1.54, 1.807) is 24.3 Å². The molecule has 1 fully saturated rings. The summed E-state index contributed by atoms with van der Waals surface area (Å²) in [5, 5.41) is 21.3. The molecule has 0 radical (unpaired) electrons. The van der Waals surface area contributed by atoms with E-state index in [1.807, 2.05) is 0 Å². The summed E-state index contributed by atoms with van der Waals surface area (Å²) in [6.07, 6.45) is -2.27. The van der Waals surface area contributed by atoms with E-state index in [-0.39, 0.29) is 13.0 Å². The zero-order chi connectivity index (χ0) is 18.1. The molecule has 1 aromatic rings. The van der Waals surface area contributed by atoms with Gasteiger partial charge in [0.15, 0.2) is 0 Å². The number of hydrogen-bond acceptors (Lipinski definition) is 4. The summed E-state index contributed by atoms with van der Waals surface area (Å²) >= 11 is 3.28.